The smallest absolute Gasteiger partial charge is 0.266 e. The highest BCUT2D eigenvalue weighted by atomic mass is 16.5. The fraction of sp³-hybridized carbons (Fsp3) is 0.476. The van der Waals surface area contributed by atoms with Gasteiger partial charge in [-0.3, -0.25) is 4.79 Å². The number of hydrogen-bond acceptors (Lipinski definition) is 6. The molecule has 2 fully saturated rings. The molecule has 2 aliphatic heterocycles. The van der Waals surface area contributed by atoms with E-state index in [0.29, 0.717) is 38.0 Å². The van der Waals surface area contributed by atoms with Crippen molar-refractivity contribution >= 4 is 17.9 Å². The van der Waals surface area contributed by atoms with Crippen LogP contribution < -0.4 is 4.90 Å². The number of carbonyl (C=O) groups excluding carboxylic acids is 1. The molecule has 0 atom stereocenters. The topological polar surface area (TPSA) is 71.7 Å². The van der Waals surface area contributed by atoms with Crippen LogP contribution in [0.4, 0.5) is 5.95 Å². The fourth-order valence-corrected chi connectivity index (χ4v) is 3.87. The summed E-state index contributed by atoms with van der Waals surface area (Å²) in [5.41, 5.74) is 0.849. The summed E-state index contributed by atoms with van der Waals surface area (Å²) in [5, 5.41) is 4.01. The summed E-state index contributed by atoms with van der Waals surface area (Å²) < 4.78 is 11.3. The van der Waals surface area contributed by atoms with Crippen molar-refractivity contribution in [3.05, 3.63) is 47.9 Å². The summed E-state index contributed by atoms with van der Waals surface area (Å²) in [5.74, 6) is 1.37. The van der Waals surface area contributed by atoms with Crippen LogP contribution in [0.1, 0.15) is 30.7 Å². The number of amides is 1. The Morgan fingerprint density at radius 1 is 1.21 bits per heavy atom. The summed E-state index contributed by atoms with van der Waals surface area (Å²) in [6.45, 7) is 5.10. The summed E-state index contributed by atoms with van der Waals surface area (Å²) in [6.07, 6.45) is 6.24. The standard InChI is InChI=1S/C21H26N4O3/c1-17-22-20(23-28-17)24-13-10-21(11-14-24)16-25(19(26)9-15-27-21)12-5-8-18-6-3-2-4-7-18/h2-8H,9-16H2,1H3. The lowest BCUT2D eigenvalue weighted by atomic mass is 9.90. The van der Waals surface area contributed by atoms with Crippen LogP contribution in [0.15, 0.2) is 40.9 Å². The van der Waals surface area contributed by atoms with Crippen molar-refractivity contribution < 1.29 is 14.1 Å². The van der Waals surface area contributed by atoms with Gasteiger partial charge in [-0.15, -0.1) is 0 Å². The zero-order valence-corrected chi connectivity index (χ0v) is 16.2. The fourth-order valence-electron chi connectivity index (χ4n) is 3.87. The van der Waals surface area contributed by atoms with Gasteiger partial charge in [0, 0.05) is 26.6 Å². The molecule has 7 nitrogen and oxygen atoms in total. The molecule has 2 saturated heterocycles. The first-order valence-corrected chi connectivity index (χ1v) is 9.82. The number of anilines is 1. The van der Waals surface area contributed by atoms with Gasteiger partial charge in [-0.1, -0.05) is 42.5 Å². The highest BCUT2D eigenvalue weighted by molar-refractivity contribution is 5.77. The Balaban J connectivity index is 1.39. The Labute approximate surface area is 165 Å². The lowest BCUT2D eigenvalue weighted by molar-refractivity contribution is -0.130. The zero-order valence-electron chi connectivity index (χ0n) is 16.2. The second kappa shape index (κ2) is 8.14. The number of ether oxygens (including phenoxy) is 1. The molecular weight excluding hydrogens is 356 g/mol. The third-order valence-corrected chi connectivity index (χ3v) is 5.47. The van der Waals surface area contributed by atoms with Gasteiger partial charge in [-0.05, 0) is 23.6 Å². The average molecular weight is 382 g/mol. The van der Waals surface area contributed by atoms with E-state index in [4.69, 9.17) is 9.26 Å². The van der Waals surface area contributed by atoms with Crippen LogP contribution in [0, 0.1) is 6.92 Å². The lowest BCUT2D eigenvalue weighted by Gasteiger charge is -2.42. The molecule has 2 aliphatic rings. The molecule has 7 heteroatoms. The van der Waals surface area contributed by atoms with Gasteiger partial charge in [-0.25, -0.2) is 0 Å². The van der Waals surface area contributed by atoms with Gasteiger partial charge in [0.2, 0.25) is 11.8 Å². The van der Waals surface area contributed by atoms with Gasteiger partial charge in [0.05, 0.1) is 25.2 Å². The Morgan fingerprint density at radius 3 is 2.71 bits per heavy atom. The quantitative estimate of drug-likeness (QED) is 0.810. The number of carbonyl (C=O) groups is 1. The van der Waals surface area contributed by atoms with E-state index in [1.165, 1.54) is 0 Å². The van der Waals surface area contributed by atoms with E-state index in [1.54, 1.807) is 6.92 Å². The van der Waals surface area contributed by atoms with Crippen LogP contribution in [0.3, 0.4) is 0 Å². The van der Waals surface area contributed by atoms with Crippen LogP contribution in [-0.4, -0.2) is 59.3 Å². The average Bonchev–Trinajstić information content (AvgIpc) is 3.08. The van der Waals surface area contributed by atoms with E-state index in [0.717, 1.165) is 31.5 Å². The highest BCUT2D eigenvalue weighted by Gasteiger charge is 2.40. The minimum absolute atomic E-state index is 0.158. The molecule has 0 aliphatic carbocycles. The van der Waals surface area contributed by atoms with Gasteiger partial charge >= 0.3 is 0 Å². The molecule has 1 aromatic heterocycles. The molecule has 0 radical (unpaired) electrons. The number of piperidine rings is 1. The summed E-state index contributed by atoms with van der Waals surface area (Å²) in [6, 6.07) is 10.1. The van der Waals surface area contributed by atoms with E-state index >= 15 is 0 Å². The van der Waals surface area contributed by atoms with Crippen molar-refractivity contribution in [3.63, 3.8) is 0 Å². The van der Waals surface area contributed by atoms with Gasteiger partial charge in [-0.2, -0.15) is 4.98 Å². The van der Waals surface area contributed by atoms with E-state index in [1.807, 2.05) is 23.1 Å². The van der Waals surface area contributed by atoms with E-state index in [9.17, 15) is 4.79 Å². The molecule has 3 heterocycles. The van der Waals surface area contributed by atoms with E-state index in [-0.39, 0.29) is 11.5 Å². The minimum Gasteiger partial charge on any atom is -0.372 e. The van der Waals surface area contributed by atoms with Crippen molar-refractivity contribution in [2.24, 2.45) is 0 Å². The molecule has 4 rings (SSSR count). The maximum absolute atomic E-state index is 12.5. The van der Waals surface area contributed by atoms with Crippen molar-refractivity contribution in [2.45, 2.75) is 31.8 Å². The molecule has 1 amide bonds. The largest absolute Gasteiger partial charge is 0.372 e. The van der Waals surface area contributed by atoms with Crippen LogP contribution in [0.5, 0.6) is 0 Å². The van der Waals surface area contributed by atoms with E-state index in [2.05, 4.69) is 39.3 Å². The predicted octanol–water partition coefficient (Wildman–Crippen LogP) is 2.68. The maximum Gasteiger partial charge on any atom is 0.266 e. The summed E-state index contributed by atoms with van der Waals surface area (Å²) >= 11 is 0. The zero-order chi connectivity index (χ0) is 19.4. The number of nitrogens with zero attached hydrogens (tertiary/aromatic N) is 4. The molecular formula is C21H26N4O3. The van der Waals surface area contributed by atoms with Crippen LogP contribution >= 0.6 is 0 Å². The first-order valence-electron chi connectivity index (χ1n) is 9.82. The molecule has 0 saturated carbocycles. The molecule has 148 valence electrons. The van der Waals surface area contributed by atoms with E-state index < -0.39 is 0 Å². The SMILES string of the molecule is Cc1nc(N2CCC3(CC2)CN(CC=Cc2ccccc2)C(=O)CCO3)no1. The number of rotatable bonds is 4. The molecule has 0 unspecified atom stereocenters. The van der Waals surface area contributed by atoms with Crippen molar-refractivity contribution in [3.8, 4) is 0 Å². The third-order valence-electron chi connectivity index (χ3n) is 5.47. The molecule has 28 heavy (non-hydrogen) atoms. The molecule has 1 spiro atoms. The van der Waals surface area contributed by atoms with Crippen molar-refractivity contribution in [1.82, 2.24) is 15.0 Å². The third kappa shape index (κ3) is 4.25. The second-order valence-corrected chi connectivity index (χ2v) is 7.47. The number of hydrogen-bond donors (Lipinski definition) is 0. The Bertz CT molecular complexity index is 825. The predicted molar refractivity (Wildman–Crippen MR) is 106 cm³/mol. The van der Waals surface area contributed by atoms with Crippen LogP contribution in [-0.2, 0) is 9.53 Å². The van der Waals surface area contributed by atoms with Gasteiger partial charge in [0.25, 0.3) is 5.95 Å². The van der Waals surface area contributed by atoms with Crippen LogP contribution in [0.2, 0.25) is 0 Å². The maximum atomic E-state index is 12.5. The van der Waals surface area contributed by atoms with Crippen molar-refractivity contribution in [1.29, 1.82) is 0 Å². The molecule has 0 N–H and O–H groups in total. The monoisotopic (exact) mass is 382 g/mol. The Hall–Kier alpha value is -2.67. The number of aromatic nitrogens is 2. The van der Waals surface area contributed by atoms with Crippen LogP contribution in [0.25, 0.3) is 6.08 Å². The molecule has 0 bridgehead atoms. The second-order valence-electron chi connectivity index (χ2n) is 7.47. The number of aryl methyl sites for hydroxylation is 1. The van der Waals surface area contributed by atoms with Crippen molar-refractivity contribution in [2.75, 3.05) is 37.7 Å². The first kappa shape index (κ1) is 18.7. The van der Waals surface area contributed by atoms with Gasteiger partial charge in [0.15, 0.2) is 0 Å². The normalized spacial score (nSPS) is 20.1. The molecule has 2 aromatic rings. The molecule has 1 aromatic carbocycles. The van der Waals surface area contributed by atoms with Gasteiger partial charge in [0.1, 0.15) is 0 Å². The Morgan fingerprint density at radius 2 is 2.00 bits per heavy atom. The first-order chi connectivity index (χ1) is 13.6. The highest BCUT2D eigenvalue weighted by Crippen LogP contribution is 2.31. The Kier molecular flexibility index (Phi) is 5.43. The minimum atomic E-state index is -0.290. The van der Waals surface area contributed by atoms with Gasteiger partial charge < -0.3 is 19.1 Å². The number of benzene rings is 1. The summed E-state index contributed by atoms with van der Waals surface area (Å²) in [4.78, 5) is 20.9. The lowest BCUT2D eigenvalue weighted by Crippen LogP contribution is -2.52. The summed E-state index contributed by atoms with van der Waals surface area (Å²) in [7, 11) is 0.